The van der Waals surface area contributed by atoms with Crippen molar-refractivity contribution in [3.8, 4) is 5.75 Å². The molecular weight excluding hydrogens is 268 g/mol. The van der Waals surface area contributed by atoms with Gasteiger partial charge in [0.2, 0.25) is 15.9 Å². The summed E-state index contributed by atoms with van der Waals surface area (Å²) in [6, 6.07) is 6.04. The van der Waals surface area contributed by atoms with Gasteiger partial charge in [-0.05, 0) is 24.3 Å². The zero-order chi connectivity index (χ0) is 14.5. The minimum absolute atomic E-state index is 0.0748. The number of carbonyl (C=O) groups excluding carboxylic acids is 1. The summed E-state index contributed by atoms with van der Waals surface area (Å²) in [4.78, 5) is 12.9. The van der Waals surface area contributed by atoms with Crippen molar-refractivity contribution in [3.05, 3.63) is 24.3 Å². The summed E-state index contributed by atoms with van der Waals surface area (Å²) in [7, 11) is 1.18. The lowest BCUT2D eigenvalue weighted by Crippen LogP contribution is -2.30. The molecule has 0 heterocycles. The van der Waals surface area contributed by atoms with Gasteiger partial charge in [0, 0.05) is 27.1 Å². The molecule has 0 bridgehead atoms. The van der Waals surface area contributed by atoms with Crippen molar-refractivity contribution < 1.29 is 17.9 Å². The molecule has 7 heteroatoms. The van der Waals surface area contributed by atoms with Gasteiger partial charge in [0.1, 0.15) is 5.75 Å². The summed E-state index contributed by atoms with van der Waals surface area (Å²) < 4.78 is 31.2. The second-order valence-electron chi connectivity index (χ2n) is 4.11. The normalized spacial score (nSPS) is 11.1. The van der Waals surface area contributed by atoms with Crippen molar-refractivity contribution in [1.82, 2.24) is 9.62 Å². The SMILES string of the molecule is COc1ccc(S(=O)(=O)NCCC(=O)N(C)C)cc1. The molecule has 0 aliphatic heterocycles. The monoisotopic (exact) mass is 286 g/mol. The number of hydrogen-bond acceptors (Lipinski definition) is 4. The van der Waals surface area contributed by atoms with E-state index < -0.39 is 10.0 Å². The Morgan fingerprint density at radius 3 is 2.32 bits per heavy atom. The first kappa shape index (κ1) is 15.5. The quantitative estimate of drug-likeness (QED) is 0.824. The minimum atomic E-state index is -3.58. The number of rotatable bonds is 6. The van der Waals surface area contributed by atoms with Gasteiger partial charge < -0.3 is 9.64 Å². The Morgan fingerprint density at radius 2 is 1.84 bits per heavy atom. The zero-order valence-electron chi connectivity index (χ0n) is 11.2. The summed E-state index contributed by atoms with van der Waals surface area (Å²) in [6.07, 6.45) is 0.127. The molecule has 1 aromatic rings. The third-order valence-corrected chi connectivity index (χ3v) is 3.98. The molecule has 0 atom stereocenters. The fourth-order valence-electron chi connectivity index (χ4n) is 1.35. The topological polar surface area (TPSA) is 75.7 Å². The molecule has 106 valence electrons. The van der Waals surface area contributed by atoms with Crippen molar-refractivity contribution in [2.24, 2.45) is 0 Å². The van der Waals surface area contributed by atoms with Crippen LogP contribution in [0.5, 0.6) is 5.75 Å². The Hall–Kier alpha value is -1.60. The van der Waals surface area contributed by atoms with E-state index in [1.807, 2.05) is 0 Å². The Labute approximate surface area is 113 Å². The van der Waals surface area contributed by atoms with Gasteiger partial charge >= 0.3 is 0 Å². The highest BCUT2D eigenvalue weighted by molar-refractivity contribution is 7.89. The van der Waals surface area contributed by atoms with Gasteiger partial charge in [-0.3, -0.25) is 4.79 Å². The molecule has 1 rings (SSSR count). The van der Waals surface area contributed by atoms with Crippen LogP contribution in [-0.4, -0.2) is 47.0 Å². The number of benzene rings is 1. The van der Waals surface area contributed by atoms with Gasteiger partial charge in [-0.15, -0.1) is 0 Å². The van der Waals surface area contributed by atoms with E-state index in [9.17, 15) is 13.2 Å². The van der Waals surface area contributed by atoms with Crippen LogP contribution in [0.15, 0.2) is 29.2 Å². The number of amides is 1. The molecule has 0 fully saturated rings. The van der Waals surface area contributed by atoms with Gasteiger partial charge in [0.15, 0.2) is 0 Å². The first-order valence-electron chi connectivity index (χ1n) is 5.70. The first-order valence-corrected chi connectivity index (χ1v) is 7.19. The lowest BCUT2D eigenvalue weighted by molar-refractivity contribution is -0.128. The third-order valence-electron chi connectivity index (χ3n) is 2.50. The van der Waals surface area contributed by atoms with Crippen LogP contribution in [0.25, 0.3) is 0 Å². The second kappa shape index (κ2) is 6.53. The number of ether oxygens (including phenoxy) is 1. The Kier molecular flexibility index (Phi) is 5.31. The van der Waals surface area contributed by atoms with E-state index in [4.69, 9.17) is 4.74 Å². The van der Waals surface area contributed by atoms with E-state index in [2.05, 4.69) is 4.72 Å². The molecule has 0 spiro atoms. The number of methoxy groups -OCH3 is 1. The summed E-state index contributed by atoms with van der Waals surface area (Å²) in [6.45, 7) is 0.0748. The molecule has 0 aliphatic rings. The summed E-state index contributed by atoms with van der Waals surface area (Å²) in [5.41, 5.74) is 0. The van der Waals surface area contributed by atoms with Crippen molar-refractivity contribution in [2.45, 2.75) is 11.3 Å². The van der Waals surface area contributed by atoms with E-state index in [0.717, 1.165) is 0 Å². The molecule has 0 saturated heterocycles. The number of nitrogens with zero attached hydrogens (tertiary/aromatic N) is 1. The average molecular weight is 286 g/mol. The Morgan fingerprint density at radius 1 is 1.26 bits per heavy atom. The van der Waals surface area contributed by atoms with E-state index in [0.29, 0.717) is 5.75 Å². The van der Waals surface area contributed by atoms with Gasteiger partial charge in [-0.1, -0.05) is 0 Å². The molecular formula is C12H18N2O4S. The number of carbonyl (C=O) groups is 1. The van der Waals surface area contributed by atoms with Crippen LogP contribution in [0.4, 0.5) is 0 Å². The molecule has 0 unspecified atom stereocenters. The average Bonchev–Trinajstić information content (AvgIpc) is 2.38. The maximum atomic E-state index is 11.9. The lowest BCUT2D eigenvalue weighted by atomic mass is 10.3. The summed E-state index contributed by atoms with van der Waals surface area (Å²) in [5, 5.41) is 0. The van der Waals surface area contributed by atoms with Crippen LogP contribution < -0.4 is 9.46 Å². The minimum Gasteiger partial charge on any atom is -0.497 e. The van der Waals surface area contributed by atoms with Gasteiger partial charge in [-0.2, -0.15) is 0 Å². The molecule has 1 N–H and O–H groups in total. The second-order valence-corrected chi connectivity index (χ2v) is 5.88. The lowest BCUT2D eigenvalue weighted by Gasteiger charge is -2.11. The summed E-state index contributed by atoms with van der Waals surface area (Å²) >= 11 is 0. The Bertz CT molecular complexity index is 523. The smallest absolute Gasteiger partial charge is 0.240 e. The van der Waals surface area contributed by atoms with Crippen molar-refractivity contribution in [1.29, 1.82) is 0 Å². The predicted octanol–water partition coefficient (Wildman–Crippen LogP) is 0.452. The maximum absolute atomic E-state index is 11.9. The van der Waals surface area contributed by atoms with Gasteiger partial charge in [0.25, 0.3) is 0 Å². The highest BCUT2D eigenvalue weighted by Crippen LogP contribution is 2.15. The van der Waals surface area contributed by atoms with Crippen LogP contribution >= 0.6 is 0 Å². The van der Waals surface area contributed by atoms with Crippen molar-refractivity contribution in [3.63, 3.8) is 0 Å². The molecule has 0 aromatic heterocycles. The predicted molar refractivity (Wildman–Crippen MR) is 71.5 cm³/mol. The first-order chi connectivity index (χ1) is 8.86. The number of hydrogen-bond donors (Lipinski definition) is 1. The van der Waals surface area contributed by atoms with E-state index >= 15 is 0 Å². The van der Waals surface area contributed by atoms with E-state index in [1.165, 1.54) is 24.1 Å². The van der Waals surface area contributed by atoms with Crippen molar-refractivity contribution in [2.75, 3.05) is 27.7 Å². The highest BCUT2D eigenvalue weighted by atomic mass is 32.2. The molecule has 0 radical (unpaired) electrons. The van der Waals surface area contributed by atoms with Crippen LogP contribution in [-0.2, 0) is 14.8 Å². The zero-order valence-corrected chi connectivity index (χ0v) is 12.0. The van der Waals surface area contributed by atoms with Gasteiger partial charge in [0.05, 0.1) is 12.0 Å². The fraction of sp³-hybridized carbons (Fsp3) is 0.417. The third kappa shape index (κ3) is 4.53. The maximum Gasteiger partial charge on any atom is 0.240 e. The fourth-order valence-corrected chi connectivity index (χ4v) is 2.39. The number of nitrogens with one attached hydrogen (secondary N) is 1. The van der Waals surface area contributed by atoms with Crippen LogP contribution in [0.2, 0.25) is 0 Å². The van der Waals surface area contributed by atoms with Crippen LogP contribution in [0, 0.1) is 0 Å². The molecule has 1 aromatic carbocycles. The molecule has 1 amide bonds. The van der Waals surface area contributed by atoms with E-state index in [-0.39, 0.29) is 23.8 Å². The largest absolute Gasteiger partial charge is 0.497 e. The molecule has 0 aliphatic carbocycles. The van der Waals surface area contributed by atoms with Crippen LogP contribution in [0.3, 0.4) is 0 Å². The van der Waals surface area contributed by atoms with E-state index in [1.54, 1.807) is 26.2 Å². The summed E-state index contributed by atoms with van der Waals surface area (Å²) in [5.74, 6) is 0.458. The number of sulfonamides is 1. The molecule has 19 heavy (non-hydrogen) atoms. The molecule has 0 saturated carbocycles. The standard InChI is InChI=1S/C12H18N2O4S/c1-14(2)12(15)8-9-13-19(16,17)11-6-4-10(18-3)5-7-11/h4-7,13H,8-9H2,1-3H3. The Balaban J connectivity index is 2.63. The molecule has 6 nitrogen and oxygen atoms in total. The van der Waals surface area contributed by atoms with Gasteiger partial charge in [-0.25, -0.2) is 13.1 Å². The van der Waals surface area contributed by atoms with Crippen molar-refractivity contribution >= 4 is 15.9 Å². The highest BCUT2D eigenvalue weighted by Gasteiger charge is 2.14. The van der Waals surface area contributed by atoms with Crippen LogP contribution in [0.1, 0.15) is 6.42 Å².